The number of carbonyl (C=O) groups excluding carboxylic acids is 2. The minimum absolute atomic E-state index is 0.0156. The van der Waals surface area contributed by atoms with Gasteiger partial charge in [0.25, 0.3) is 0 Å². The zero-order valence-corrected chi connectivity index (χ0v) is 19.1. The van der Waals surface area contributed by atoms with Crippen LogP contribution < -0.4 is 10.1 Å². The van der Waals surface area contributed by atoms with Crippen molar-refractivity contribution in [3.05, 3.63) is 74.8 Å². The third-order valence-electron chi connectivity index (χ3n) is 5.76. The number of nitrogens with zero attached hydrogens (tertiary/aromatic N) is 2. The number of carbonyl (C=O) groups is 2. The van der Waals surface area contributed by atoms with E-state index < -0.39 is 5.92 Å². The molecule has 0 saturated heterocycles. The fraction of sp³-hybridized carbons (Fsp3) is 0.292. The van der Waals surface area contributed by atoms with Crippen molar-refractivity contribution in [2.75, 3.05) is 19.4 Å². The summed E-state index contributed by atoms with van der Waals surface area (Å²) < 4.78 is 5.19. The summed E-state index contributed by atoms with van der Waals surface area (Å²) >= 11 is 7.46. The Morgan fingerprint density at radius 3 is 2.81 bits per heavy atom. The number of benzene rings is 2. The number of ether oxygens (including phenoxy) is 1. The van der Waals surface area contributed by atoms with Gasteiger partial charge in [0.05, 0.1) is 34.6 Å². The van der Waals surface area contributed by atoms with E-state index in [1.54, 1.807) is 12.1 Å². The second kappa shape index (κ2) is 9.68. The molecule has 0 unspecified atom stereocenters. The van der Waals surface area contributed by atoms with Crippen LogP contribution in [0.3, 0.4) is 0 Å². The summed E-state index contributed by atoms with van der Waals surface area (Å²) in [6.45, 7) is 1.25. The van der Waals surface area contributed by atoms with Crippen LogP contribution in [-0.2, 0) is 22.6 Å². The average molecular weight is 468 g/mol. The Bertz CT molecular complexity index is 1140. The molecule has 2 aliphatic rings. The van der Waals surface area contributed by atoms with Gasteiger partial charge in [-0.1, -0.05) is 53.7 Å². The Kier molecular flexibility index (Phi) is 6.73. The molecule has 6 nitrogen and oxygen atoms in total. The molecule has 1 atom stereocenters. The number of amides is 2. The molecule has 32 heavy (non-hydrogen) atoms. The number of fused-ring (bicyclic) bond motifs is 1. The molecule has 0 spiro atoms. The molecule has 0 bridgehead atoms. The highest BCUT2D eigenvalue weighted by Crippen LogP contribution is 2.38. The van der Waals surface area contributed by atoms with Gasteiger partial charge in [0.1, 0.15) is 5.75 Å². The summed E-state index contributed by atoms with van der Waals surface area (Å²) in [7, 11) is 1.53. The van der Waals surface area contributed by atoms with Gasteiger partial charge >= 0.3 is 0 Å². The normalized spacial score (nSPS) is 18.0. The highest BCUT2D eigenvalue weighted by Gasteiger charge is 2.31. The van der Waals surface area contributed by atoms with Crippen LogP contribution in [0.2, 0.25) is 5.02 Å². The van der Waals surface area contributed by atoms with E-state index in [4.69, 9.17) is 16.3 Å². The molecular formula is C24H22ClN3O3S. The molecule has 2 heterocycles. The number of hydrogen-bond acceptors (Lipinski definition) is 5. The number of allylic oxidation sites excluding steroid dienone is 1. The van der Waals surface area contributed by atoms with Crippen molar-refractivity contribution in [3.8, 4) is 11.8 Å². The van der Waals surface area contributed by atoms with E-state index in [2.05, 4.69) is 17.5 Å². The fourth-order valence-electron chi connectivity index (χ4n) is 4.05. The Labute approximate surface area is 196 Å². The second-order valence-corrected chi connectivity index (χ2v) is 9.07. The third kappa shape index (κ3) is 4.62. The molecule has 0 aliphatic carbocycles. The lowest BCUT2D eigenvalue weighted by molar-refractivity contribution is -0.129. The highest BCUT2D eigenvalue weighted by atomic mass is 35.5. The van der Waals surface area contributed by atoms with E-state index in [0.29, 0.717) is 34.5 Å². The summed E-state index contributed by atoms with van der Waals surface area (Å²) in [5, 5.41) is 13.5. The van der Waals surface area contributed by atoms with Gasteiger partial charge in [-0.3, -0.25) is 9.59 Å². The van der Waals surface area contributed by atoms with Crippen molar-refractivity contribution in [3.63, 3.8) is 0 Å². The first-order chi connectivity index (χ1) is 15.5. The molecule has 4 rings (SSSR count). The van der Waals surface area contributed by atoms with Crippen LogP contribution in [0.4, 0.5) is 0 Å². The largest absolute Gasteiger partial charge is 0.495 e. The van der Waals surface area contributed by atoms with Gasteiger partial charge in [-0.05, 0) is 35.2 Å². The standard InChI is InChI=1S/C24H22ClN3O3S/c1-31-21-7-6-16(10-20(21)25)18-11-22(29)27-24(19(18)12-26)32-14-23(30)28-9-8-15-4-2-3-5-17(15)13-28/h2-7,10,18H,8-9,11,13-14H2,1H3,(H,27,29)/t18-/m0/s1. The highest BCUT2D eigenvalue weighted by molar-refractivity contribution is 8.03. The molecule has 164 valence electrons. The van der Waals surface area contributed by atoms with Crippen molar-refractivity contribution < 1.29 is 14.3 Å². The Morgan fingerprint density at radius 1 is 1.31 bits per heavy atom. The van der Waals surface area contributed by atoms with Crippen LogP contribution in [0.25, 0.3) is 0 Å². The maximum absolute atomic E-state index is 12.8. The van der Waals surface area contributed by atoms with E-state index >= 15 is 0 Å². The SMILES string of the molecule is COc1ccc([C@@H]2CC(=O)NC(SCC(=O)N3CCc4ccccc4C3)=C2C#N)cc1Cl. The molecule has 2 aromatic rings. The van der Waals surface area contributed by atoms with Crippen LogP contribution in [0.5, 0.6) is 5.75 Å². The lowest BCUT2D eigenvalue weighted by Crippen LogP contribution is -2.37. The maximum Gasteiger partial charge on any atom is 0.233 e. The minimum atomic E-state index is -0.420. The van der Waals surface area contributed by atoms with E-state index in [-0.39, 0.29) is 24.0 Å². The fourth-order valence-corrected chi connectivity index (χ4v) is 5.30. The van der Waals surface area contributed by atoms with Crippen molar-refractivity contribution in [2.24, 2.45) is 0 Å². The van der Waals surface area contributed by atoms with E-state index in [1.807, 2.05) is 29.2 Å². The molecule has 2 aliphatic heterocycles. The maximum atomic E-state index is 12.8. The quantitative estimate of drug-likeness (QED) is 0.718. The number of nitriles is 1. The number of nitrogens with one attached hydrogen (secondary N) is 1. The van der Waals surface area contributed by atoms with Crippen LogP contribution in [0.1, 0.15) is 29.0 Å². The van der Waals surface area contributed by atoms with Crippen LogP contribution in [-0.4, -0.2) is 36.1 Å². The monoisotopic (exact) mass is 467 g/mol. The molecular weight excluding hydrogens is 446 g/mol. The Hall–Kier alpha value is -2.95. The van der Waals surface area contributed by atoms with Gasteiger partial charge in [0.2, 0.25) is 11.8 Å². The molecule has 0 fully saturated rings. The first kappa shape index (κ1) is 22.3. The summed E-state index contributed by atoms with van der Waals surface area (Å²) in [4.78, 5) is 27.1. The van der Waals surface area contributed by atoms with Crippen molar-refractivity contribution in [1.29, 1.82) is 5.26 Å². The van der Waals surface area contributed by atoms with Crippen molar-refractivity contribution in [1.82, 2.24) is 10.2 Å². The molecule has 0 saturated carbocycles. The molecule has 0 aromatic heterocycles. The molecule has 2 amide bonds. The topological polar surface area (TPSA) is 82.4 Å². The van der Waals surface area contributed by atoms with E-state index in [0.717, 1.165) is 17.5 Å². The second-order valence-electron chi connectivity index (χ2n) is 7.68. The zero-order chi connectivity index (χ0) is 22.7. The van der Waals surface area contributed by atoms with E-state index in [1.165, 1.54) is 24.4 Å². The number of halogens is 1. The molecule has 8 heteroatoms. The molecule has 1 N–H and O–H groups in total. The Balaban J connectivity index is 1.50. The summed E-state index contributed by atoms with van der Waals surface area (Å²) in [5.74, 6) is 0.0537. The molecule has 0 radical (unpaired) electrons. The predicted molar refractivity (Wildman–Crippen MR) is 124 cm³/mol. The Morgan fingerprint density at radius 2 is 2.09 bits per heavy atom. The third-order valence-corrected chi connectivity index (χ3v) is 7.05. The first-order valence-corrected chi connectivity index (χ1v) is 11.6. The van der Waals surface area contributed by atoms with Crippen LogP contribution >= 0.6 is 23.4 Å². The average Bonchev–Trinajstić information content (AvgIpc) is 2.81. The summed E-state index contributed by atoms with van der Waals surface area (Å²) in [6.07, 6.45) is 0.974. The lowest BCUT2D eigenvalue weighted by Gasteiger charge is -2.29. The van der Waals surface area contributed by atoms with Gasteiger partial charge in [0, 0.05) is 25.4 Å². The summed E-state index contributed by atoms with van der Waals surface area (Å²) in [6, 6.07) is 15.6. The van der Waals surface area contributed by atoms with Gasteiger partial charge in [-0.15, -0.1) is 0 Å². The van der Waals surface area contributed by atoms with Gasteiger partial charge < -0.3 is 15.0 Å². The van der Waals surface area contributed by atoms with Gasteiger partial charge in [0.15, 0.2) is 0 Å². The lowest BCUT2D eigenvalue weighted by atomic mass is 9.87. The number of hydrogen-bond donors (Lipinski definition) is 1. The van der Waals surface area contributed by atoms with Gasteiger partial charge in [-0.2, -0.15) is 5.26 Å². The molecule has 2 aromatic carbocycles. The number of methoxy groups -OCH3 is 1. The number of thioether (sulfide) groups is 1. The predicted octanol–water partition coefficient (Wildman–Crippen LogP) is 4.01. The zero-order valence-electron chi connectivity index (χ0n) is 17.6. The first-order valence-electron chi connectivity index (χ1n) is 10.2. The van der Waals surface area contributed by atoms with Crippen LogP contribution in [0.15, 0.2) is 53.1 Å². The smallest absolute Gasteiger partial charge is 0.233 e. The van der Waals surface area contributed by atoms with E-state index in [9.17, 15) is 14.9 Å². The summed E-state index contributed by atoms with van der Waals surface area (Å²) in [5.41, 5.74) is 3.64. The number of rotatable bonds is 5. The van der Waals surface area contributed by atoms with Gasteiger partial charge in [-0.25, -0.2) is 0 Å². The van der Waals surface area contributed by atoms with Crippen molar-refractivity contribution in [2.45, 2.75) is 25.3 Å². The van der Waals surface area contributed by atoms with Crippen molar-refractivity contribution >= 4 is 35.2 Å². The minimum Gasteiger partial charge on any atom is -0.495 e. The van der Waals surface area contributed by atoms with Crippen LogP contribution in [0, 0.1) is 11.3 Å².